The van der Waals surface area contributed by atoms with Crippen LogP contribution in [-0.4, -0.2) is 49.2 Å². The van der Waals surface area contributed by atoms with E-state index in [1.165, 1.54) is 19.1 Å². The minimum Gasteiger partial charge on any atom is -0.468 e. The molecule has 20 heavy (non-hydrogen) atoms. The Morgan fingerprint density at radius 2 is 2.15 bits per heavy atom. The highest BCUT2D eigenvalue weighted by atomic mass is 16.5. The second-order valence-electron chi connectivity index (χ2n) is 4.09. The second kappa shape index (κ2) is 7.97. The van der Waals surface area contributed by atoms with Crippen LogP contribution in [0, 0.1) is 11.8 Å². The van der Waals surface area contributed by atoms with Crippen LogP contribution in [0.15, 0.2) is 24.3 Å². The molecule has 0 atom stereocenters. The molecule has 0 radical (unpaired) electrons. The molecule has 1 amide bonds. The van der Waals surface area contributed by atoms with Crippen LogP contribution in [0.5, 0.6) is 0 Å². The molecule has 1 rings (SSSR count). The molecule has 0 saturated heterocycles. The van der Waals surface area contributed by atoms with E-state index < -0.39 is 5.97 Å². The zero-order valence-corrected chi connectivity index (χ0v) is 11.5. The number of nitrogens with zero attached hydrogens (tertiary/aromatic N) is 1. The zero-order chi connectivity index (χ0) is 15.0. The molecule has 0 aromatic heterocycles. The third-order valence-electron chi connectivity index (χ3n) is 2.52. The van der Waals surface area contributed by atoms with Crippen molar-refractivity contribution in [3.63, 3.8) is 0 Å². The molecule has 0 heterocycles. The third kappa shape index (κ3) is 4.75. The number of aliphatic hydroxyl groups is 1. The quantitative estimate of drug-likeness (QED) is 0.647. The van der Waals surface area contributed by atoms with Crippen molar-refractivity contribution in [2.24, 2.45) is 0 Å². The second-order valence-corrected chi connectivity index (χ2v) is 4.09. The van der Waals surface area contributed by atoms with Gasteiger partial charge in [0.05, 0.1) is 13.7 Å². The normalized spacial score (nSPS) is 9.35. The van der Waals surface area contributed by atoms with Crippen LogP contribution in [0.1, 0.15) is 22.3 Å². The smallest absolute Gasteiger partial charge is 0.325 e. The number of likely N-dealkylation sites (N-methyl/N-ethyl adjacent to an activating group) is 1. The predicted molar refractivity (Wildman–Crippen MR) is 74.0 cm³/mol. The first-order chi connectivity index (χ1) is 9.58. The van der Waals surface area contributed by atoms with Gasteiger partial charge >= 0.3 is 5.97 Å². The first-order valence-electron chi connectivity index (χ1n) is 6.10. The molecule has 1 aromatic carbocycles. The number of esters is 1. The van der Waals surface area contributed by atoms with E-state index in [2.05, 4.69) is 16.6 Å². The lowest BCUT2D eigenvalue weighted by molar-refractivity contribution is -0.141. The van der Waals surface area contributed by atoms with Gasteiger partial charge in [-0.2, -0.15) is 0 Å². The number of methoxy groups -OCH3 is 1. The molecule has 0 fully saturated rings. The Morgan fingerprint density at radius 3 is 2.80 bits per heavy atom. The number of ether oxygens (including phenoxy) is 1. The fraction of sp³-hybridized carbons (Fsp3) is 0.333. The van der Waals surface area contributed by atoms with Crippen molar-refractivity contribution >= 4 is 11.9 Å². The van der Waals surface area contributed by atoms with E-state index in [1.54, 1.807) is 24.3 Å². The summed E-state index contributed by atoms with van der Waals surface area (Å²) in [6.07, 6.45) is 0.389. The molecule has 0 unspecified atom stereocenters. The molecule has 0 aliphatic heterocycles. The molecule has 0 aliphatic carbocycles. The maximum absolute atomic E-state index is 12.1. The van der Waals surface area contributed by atoms with Gasteiger partial charge in [-0.1, -0.05) is 17.9 Å². The molecular formula is C15H17NO4. The molecule has 5 heteroatoms. The lowest BCUT2D eigenvalue weighted by atomic mass is 10.1. The Bertz CT molecular complexity index is 542. The fourth-order valence-electron chi connectivity index (χ4n) is 1.50. The molecule has 0 bridgehead atoms. The van der Waals surface area contributed by atoms with Crippen LogP contribution >= 0.6 is 0 Å². The first kappa shape index (κ1) is 15.7. The Kier molecular flexibility index (Phi) is 6.27. The highest BCUT2D eigenvalue weighted by Gasteiger charge is 2.15. The summed E-state index contributed by atoms with van der Waals surface area (Å²) in [5, 5.41) is 8.66. The topological polar surface area (TPSA) is 66.8 Å². The number of carbonyl (C=O) groups excluding carboxylic acids is 2. The van der Waals surface area contributed by atoms with Crippen LogP contribution in [0.25, 0.3) is 0 Å². The van der Waals surface area contributed by atoms with E-state index >= 15 is 0 Å². The number of aliphatic hydroxyl groups excluding tert-OH is 1. The van der Waals surface area contributed by atoms with E-state index in [-0.39, 0.29) is 19.1 Å². The standard InChI is InChI=1S/C15H17NO4/c1-16(11-14(18)20-2)15(19)13-8-5-7-12(10-13)6-3-4-9-17/h5,7-8,10,17H,4,9,11H2,1-2H3. The summed E-state index contributed by atoms with van der Waals surface area (Å²) in [4.78, 5) is 24.5. The van der Waals surface area contributed by atoms with E-state index in [9.17, 15) is 9.59 Å². The van der Waals surface area contributed by atoms with E-state index in [0.717, 1.165) is 0 Å². The van der Waals surface area contributed by atoms with Crippen molar-refractivity contribution in [1.29, 1.82) is 0 Å². The van der Waals surface area contributed by atoms with E-state index in [0.29, 0.717) is 17.5 Å². The van der Waals surface area contributed by atoms with E-state index in [4.69, 9.17) is 5.11 Å². The summed E-state index contributed by atoms with van der Waals surface area (Å²) in [6, 6.07) is 6.82. The lowest BCUT2D eigenvalue weighted by Crippen LogP contribution is -2.32. The summed E-state index contributed by atoms with van der Waals surface area (Å²) in [5.74, 6) is 4.90. The summed E-state index contributed by atoms with van der Waals surface area (Å²) in [7, 11) is 2.81. The van der Waals surface area contributed by atoms with Crippen LogP contribution in [-0.2, 0) is 9.53 Å². The molecule has 0 spiro atoms. The molecule has 5 nitrogen and oxygen atoms in total. The van der Waals surface area contributed by atoms with Gasteiger partial charge in [0.15, 0.2) is 0 Å². The van der Waals surface area contributed by atoms with Crippen molar-refractivity contribution in [1.82, 2.24) is 4.90 Å². The zero-order valence-electron chi connectivity index (χ0n) is 11.5. The average Bonchev–Trinajstić information content (AvgIpc) is 2.46. The van der Waals surface area contributed by atoms with Gasteiger partial charge in [0.2, 0.25) is 0 Å². The third-order valence-corrected chi connectivity index (χ3v) is 2.52. The molecule has 1 N–H and O–H groups in total. The number of rotatable bonds is 4. The summed E-state index contributed by atoms with van der Waals surface area (Å²) < 4.78 is 4.52. The molecular weight excluding hydrogens is 258 g/mol. The van der Waals surface area contributed by atoms with Crippen molar-refractivity contribution in [3.8, 4) is 11.8 Å². The average molecular weight is 275 g/mol. The van der Waals surface area contributed by atoms with Gasteiger partial charge in [-0.15, -0.1) is 0 Å². The van der Waals surface area contributed by atoms with Crippen molar-refractivity contribution < 1.29 is 19.4 Å². The Labute approximate surface area is 118 Å². The minimum absolute atomic E-state index is 0.00743. The van der Waals surface area contributed by atoms with Gasteiger partial charge in [-0.3, -0.25) is 9.59 Å². The highest BCUT2D eigenvalue weighted by Crippen LogP contribution is 2.07. The number of benzene rings is 1. The maximum Gasteiger partial charge on any atom is 0.325 e. The summed E-state index contributed by atoms with van der Waals surface area (Å²) in [6.45, 7) is -0.0940. The van der Waals surface area contributed by atoms with Crippen LogP contribution in [0.3, 0.4) is 0 Å². The largest absolute Gasteiger partial charge is 0.468 e. The first-order valence-corrected chi connectivity index (χ1v) is 6.10. The fourth-order valence-corrected chi connectivity index (χ4v) is 1.50. The monoisotopic (exact) mass is 275 g/mol. The van der Waals surface area contributed by atoms with E-state index in [1.807, 2.05) is 0 Å². The highest BCUT2D eigenvalue weighted by molar-refractivity contribution is 5.96. The predicted octanol–water partition coefficient (Wildman–Crippen LogP) is 0.665. The van der Waals surface area contributed by atoms with Gasteiger partial charge in [-0.25, -0.2) is 0 Å². The summed E-state index contributed by atoms with van der Waals surface area (Å²) >= 11 is 0. The number of carbonyl (C=O) groups is 2. The maximum atomic E-state index is 12.1. The van der Waals surface area contributed by atoms with Gasteiger partial charge < -0.3 is 14.7 Å². The molecule has 106 valence electrons. The van der Waals surface area contributed by atoms with Crippen molar-refractivity contribution in [2.75, 3.05) is 27.3 Å². The van der Waals surface area contributed by atoms with Gasteiger partial charge in [0, 0.05) is 24.6 Å². The number of hydrogen-bond acceptors (Lipinski definition) is 4. The Hall–Kier alpha value is -2.32. The number of hydrogen-bond donors (Lipinski definition) is 1. The lowest BCUT2D eigenvalue weighted by Gasteiger charge is -2.15. The van der Waals surface area contributed by atoms with Crippen molar-refractivity contribution in [3.05, 3.63) is 35.4 Å². The minimum atomic E-state index is -0.472. The van der Waals surface area contributed by atoms with Crippen LogP contribution < -0.4 is 0 Å². The molecule has 0 saturated carbocycles. The van der Waals surface area contributed by atoms with Crippen LogP contribution in [0.4, 0.5) is 0 Å². The van der Waals surface area contributed by atoms with Gasteiger partial charge in [0.1, 0.15) is 6.54 Å². The van der Waals surface area contributed by atoms with Gasteiger partial charge in [0.25, 0.3) is 5.91 Å². The number of amides is 1. The van der Waals surface area contributed by atoms with Crippen molar-refractivity contribution in [2.45, 2.75) is 6.42 Å². The SMILES string of the molecule is COC(=O)CN(C)C(=O)c1cccc(C#CCCO)c1. The summed E-state index contributed by atoms with van der Waals surface area (Å²) in [5.41, 5.74) is 1.14. The Morgan fingerprint density at radius 1 is 1.40 bits per heavy atom. The molecule has 1 aromatic rings. The Balaban J connectivity index is 2.81. The van der Waals surface area contributed by atoms with Crippen LogP contribution in [0.2, 0.25) is 0 Å². The molecule has 0 aliphatic rings. The van der Waals surface area contributed by atoms with Gasteiger partial charge in [-0.05, 0) is 18.2 Å².